The van der Waals surface area contributed by atoms with Gasteiger partial charge in [0.05, 0.1) is 11.3 Å². The van der Waals surface area contributed by atoms with Crippen LogP contribution in [0.2, 0.25) is 0 Å². The molecule has 7 heteroatoms. The number of anilines is 1. The highest BCUT2D eigenvalue weighted by molar-refractivity contribution is 7.88. The Morgan fingerprint density at radius 1 is 1.35 bits per heavy atom. The van der Waals surface area contributed by atoms with E-state index >= 15 is 0 Å². The van der Waals surface area contributed by atoms with Crippen molar-refractivity contribution in [2.24, 2.45) is 0 Å². The first-order valence-corrected chi connectivity index (χ1v) is 8.58. The fourth-order valence-electron chi connectivity index (χ4n) is 1.87. The van der Waals surface area contributed by atoms with Crippen molar-refractivity contribution in [1.29, 1.82) is 0 Å². The van der Waals surface area contributed by atoms with Gasteiger partial charge in [0.25, 0.3) is 0 Å². The summed E-state index contributed by atoms with van der Waals surface area (Å²) in [4.78, 5) is 4.16. The van der Waals surface area contributed by atoms with Gasteiger partial charge in [0, 0.05) is 17.3 Å². The Morgan fingerprint density at radius 3 is 2.65 bits per heavy atom. The van der Waals surface area contributed by atoms with Crippen molar-refractivity contribution in [1.82, 2.24) is 9.71 Å². The Morgan fingerprint density at radius 2 is 2.05 bits per heavy atom. The maximum Gasteiger partial charge on any atom is 0.216 e. The average Bonchev–Trinajstić information content (AvgIpc) is 2.84. The van der Waals surface area contributed by atoms with Gasteiger partial charge in [-0.2, -0.15) is 0 Å². The van der Waals surface area contributed by atoms with Gasteiger partial charge >= 0.3 is 0 Å². The molecular weight excluding hydrogens is 294 g/mol. The van der Waals surface area contributed by atoms with E-state index in [-0.39, 0.29) is 5.75 Å². The van der Waals surface area contributed by atoms with Crippen LogP contribution in [0, 0.1) is 0 Å². The van der Waals surface area contributed by atoms with Crippen LogP contribution in [-0.4, -0.2) is 13.4 Å². The number of nitrogens with two attached hydrogens (primary N) is 1. The van der Waals surface area contributed by atoms with Crippen LogP contribution in [-0.2, 0) is 21.3 Å². The smallest absolute Gasteiger partial charge is 0.216 e. The molecule has 5 nitrogen and oxygen atoms in total. The van der Waals surface area contributed by atoms with Gasteiger partial charge in [-0.15, -0.1) is 11.3 Å². The first kappa shape index (κ1) is 15.0. The fourth-order valence-corrected chi connectivity index (χ4v) is 4.27. The molecule has 0 fully saturated rings. The summed E-state index contributed by atoms with van der Waals surface area (Å²) in [6.07, 6.45) is 1.66. The van der Waals surface area contributed by atoms with Crippen molar-refractivity contribution in [2.45, 2.75) is 25.1 Å². The molecule has 0 aliphatic carbocycles. The fraction of sp³-hybridized carbons (Fsp3) is 0.308. The lowest BCUT2D eigenvalue weighted by molar-refractivity contribution is 0.469. The number of thiazole rings is 1. The number of nitrogens with zero attached hydrogens (tertiary/aromatic N) is 1. The minimum Gasteiger partial charge on any atom is -0.398 e. The molecule has 1 heterocycles. The first-order chi connectivity index (χ1) is 9.30. The molecule has 1 aromatic heterocycles. The third-order valence-electron chi connectivity index (χ3n) is 2.78. The lowest BCUT2D eigenvalue weighted by Gasteiger charge is -2.23. The van der Waals surface area contributed by atoms with E-state index in [1.807, 2.05) is 5.38 Å². The molecule has 20 heavy (non-hydrogen) atoms. The van der Waals surface area contributed by atoms with Crippen molar-refractivity contribution in [2.75, 3.05) is 5.73 Å². The van der Waals surface area contributed by atoms with Gasteiger partial charge in [0.1, 0.15) is 5.01 Å². The van der Waals surface area contributed by atoms with Crippen molar-refractivity contribution >= 4 is 27.0 Å². The number of nitrogens with one attached hydrogen (secondary N) is 1. The van der Waals surface area contributed by atoms with Crippen LogP contribution in [0.25, 0.3) is 0 Å². The summed E-state index contributed by atoms with van der Waals surface area (Å²) in [5.41, 5.74) is 6.11. The first-order valence-electron chi connectivity index (χ1n) is 6.05. The summed E-state index contributed by atoms with van der Waals surface area (Å²) in [7, 11) is -3.50. The van der Waals surface area contributed by atoms with Gasteiger partial charge in [-0.1, -0.05) is 18.2 Å². The summed E-state index contributed by atoms with van der Waals surface area (Å²) in [6.45, 7) is 3.58. The number of nitrogen functional groups attached to an aromatic ring is 1. The molecule has 0 aliphatic rings. The van der Waals surface area contributed by atoms with Crippen LogP contribution in [0.3, 0.4) is 0 Å². The summed E-state index contributed by atoms with van der Waals surface area (Å²) in [5.74, 6) is -0.144. The molecule has 0 saturated carbocycles. The van der Waals surface area contributed by atoms with Gasteiger partial charge in [-0.05, 0) is 25.5 Å². The number of para-hydroxylation sites is 1. The summed E-state index contributed by atoms with van der Waals surface area (Å²) >= 11 is 1.42. The number of aromatic nitrogens is 1. The Kier molecular flexibility index (Phi) is 4.12. The van der Waals surface area contributed by atoms with E-state index in [9.17, 15) is 8.42 Å². The number of benzene rings is 1. The Balaban J connectivity index is 2.18. The molecule has 0 saturated heterocycles. The molecule has 0 amide bonds. The second kappa shape index (κ2) is 5.51. The highest BCUT2D eigenvalue weighted by atomic mass is 32.2. The molecule has 3 N–H and O–H groups in total. The van der Waals surface area contributed by atoms with E-state index in [0.717, 1.165) is 5.01 Å². The van der Waals surface area contributed by atoms with Crippen molar-refractivity contribution < 1.29 is 8.42 Å². The van der Waals surface area contributed by atoms with E-state index in [1.54, 1.807) is 44.3 Å². The topological polar surface area (TPSA) is 85.1 Å². The minimum atomic E-state index is -3.50. The molecule has 1 aromatic carbocycles. The molecule has 0 unspecified atom stereocenters. The molecule has 2 rings (SSSR count). The Hall–Kier alpha value is -1.44. The predicted molar refractivity (Wildman–Crippen MR) is 81.8 cm³/mol. The number of hydrogen-bond donors (Lipinski definition) is 2. The molecule has 2 aromatic rings. The quantitative estimate of drug-likeness (QED) is 0.828. The summed E-state index contributed by atoms with van der Waals surface area (Å²) in [5, 5.41) is 2.54. The van der Waals surface area contributed by atoms with Gasteiger partial charge < -0.3 is 5.73 Å². The van der Waals surface area contributed by atoms with Crippen molar-refractivity contribution in [3.05, 3.63) is 46.4 Å². The van der Waals surface area contributed by atoms with Crippen LogP contribution in [0.5, 0.6) is 0 Å². The third kappa shape index (κ3) is 3.56. The highest BCUT2D eigenvalue weighted by Crippen LogP contribution is 2.24. The maximum absolute atomic E-state index is 12.3. The van der Waals surface area contributed by atoms with Crippen molar-refractivity contribution in [3.8, 4) is 0 Å². The molecule has 108 valence electrons. The van der Waals surface area contributed by atoms with Crippen LogP contribution in [0.1, 0.15) is 24.4 Å². The normalized spacial score (nSPS) is 12.5. The maximum atomic E-state index is 12.3. The van der Waals surface area contributed by atoms with E-state index in [1.165, 1.54) is 11.3 Å². The van der Waals surface area contributed by atoms with Crippen LogP contribution < -0.4 is 10.5 Å². The SMILES string of the molecule is CC(C)(NS(=O)(=O)Cc1ccccc1N)c1nccs1. The average molecular weight is 311 g/mol. The lowest BCUT2D eigenvalue weighted by atomic mass is 10.1. The molecule has 0 bridgehead atoms. The minimum absolute atomic E-state index is 0.144. The molecule has 0 radical (unpaired) electrons. The second-order valence-electron chi connectivity index (χ2n) is 5.02. The van der Waals surface area contributed by atoms with E-state index in [0.29, 0.717) is 11.3 Å². The zero-order valence-electron chi connectivity index (χ0n) is 11.3. The Bertz CT molecular complexity index is 679. The van der Waals surface area contributed by atoms with Gasteiger partial charge in [0.2, 0.25) is 10.0 Å². The molecular formula is C13H17N3O2S2. The van der Waals surface area contributed by atoms with E-state index in [2.05, 4.69) is 9.71 Å². The largest absolute Gasteiger partial charge is 0.398 e. The molecule has 0 atom stereocenters. The van der Waals surface area contributed by atoms with Gasteiger partial charge in [-0.25, -0.2) is 18.1 Å². The number of rotatable bonds is 5. The van der Waals surface area contributed by atoms with Crippen LogP contribution in [0.15, 0.2) is 35.8 Å². The van der Waals surface area contributed by atoms with E-state index < -0.39 is 15.6 Å². The highest BCUT2D eigenvalue weighted by Gasteiger charge is 2.29. The predicted octanol–water partition coefficient (Wildman–Crippen LogP) is 2.08. The van der Waals surface area contributed by atoms with Crippen LogP contribution in [0.4, 0.5) is 5.69 Å². The van der Waals surface area contributed by atoms with Crippen molar-refractivity contribution in [3.63, 3.8) is 0 Å². The standard InChI is InChI=1S/C13H17N3O2S2/c1-13(2,12-15-7-8-19-12)16-20(17,18)9-10-5-3-4-6-11(10)14/h3-8,16H,9,14H2,1-2H3. The number of hydrogen-bond acceptors (Lipinski definition) is 5. The Labute approximate surface area is 122 Å². The van der Waals surface area contributed by atoms with E-state index in [4.69, 9.17) is 5.73 Å². The van der Waals surface area contributed by atoms with Gasteiger partial charge in [0.15, 0.2) is 0 Å². The summed E-state index contributed by atoms with van der Waals surface area (Å²) in [6, 6.07) is 6.95. The van der Waals surface area contributed by atoms with Crippen LogP contribution >= 0.6 is 11.3 Å². The molecule has 0 spiro atoms. The molecule has 0 aliphatic heterocycles. The zero-order chi connectivity index (χ0) is 14.8. The monoisotopic (exact) mass is 311 g/mol. The third-order valence-corrected chi connectivity index (χ3v) is 5.39. The second-order valence-corrected chi connectivity index (χ2v) is 7.64. The van der Waals surface area contributed by atoms with Gasteiger partial charge in [-0.3, -0.25) is 0 Å². The zero-order valence-corrected chi connectivity index (χ0v) is 13.0. The number of sulfonamides is 1. The summed E-state index contributed by atoms with van der Waals surface area (Å²) < 4.78 is 27.2. The lowest BCUT2D eigenvalue weighted by Crippen LogP contribution is -2.41.